The standard InChI is InChI=1S/C16H16F2N2O2/c1-11-3-2-4-13(9-11)20-16(21)19-7-8-22-15-6-5-12(17)10-14(15)18/h2-6,9-10H,7-8H2,1H3,(H2,19,20,21). The van der Waals surface area contributed by atoms with E-state index in [0.717, 1.165) is 17.7 Å². The molecule has 0 heterocycles. The molecule has 116 valence electrons. The average molecular weight is 306 g/mol. The summed E-state index contributed by atoms with van der Waals surface area (Å²) in [5.41, 5.74) is 1.72. The third-order valence-corrected chi connectivity index (χ3v) is 2.82. The molecular formula is C16H16F2N2O2. The highest BCUT2D eigenvalue weighted by atomic mass is 19.1. The Hall–Kier alpha value is -2.63. The molecule has 0 radical (unpaired) electrons. The molecule has 0 saturated carbocycles. The fourth-order valence-corrected chi connectivity index (χ4v) is 1.82. The zero-order valence-corrected chi connectivity index (χ0v) is 12.0. The van der Waals surface area contributed by atoms with E-state index in [1.54, 1.807) is 6.07 Å². The van der Waals surface area contributed by atoms with Gasteiger partial charge >= 0.3 is 6.03 Å². The van der Waals surface area contributed by atoms with Crippen molar-refractivity contribution in [2.75, 3.05) is 18.5 Å². The minimum atomic E-state index is -0.774. The van der Waals surface area contributed by atoms with Crippen LogP contribution in [-0.4, -0.2) is 19.2 Å². The van der Waals surface area contributed by atoms with E-state index in [4.69, 9.17) is 4.74 Å². The normalized spacial score (nSPS) is 10.1. The second kappa shape index (κ2) is 7.40. The highest BCUT2D eigenvalue weighted by molar-refractivity contribution is 5.89. The summed E-state index contributed by atoms with van der Waals surface area (Å²) >= 11 is 0. The van der Waals surface area contributed by atoms with E-state index in [1.807, 2.05) is 25.1 Å². The summed E-state index contributed by atoms with van der Waals surface area (Å²) < 4.78 is 31.1. The SMILES string of the molecule is Cc1cccc(NC(=O)NCCOc2ccc(F)cc2F)c1. The molecule has 0 spiro atoms. The summed E-state index contributed by atoms with van der Waals surface area (Å²) in [4.78, 5) is 11.6. The number of benzene rings is 2. The number of amides is 2. The van der Waals surface area contributed by atoms with E-state index >= 15 is 0 Å². The number of hydrogen-bond acceptors (Lipinski definition) is 2. The van der Waals surface area contributed by atoms with Crippen molar-refractivity contribution in [1.29, 1.82) is 0 Å². The number of rotatable bonds is 5. The molecule has 0 saturated heterocycles. The number of carbonyl (C=O) groups excluding carboxylic acids is 1. The minimum absolute atomic E-state index is 0.0534. The molecule has 4 nitrogen and oxygen atoms in total. The molecule has 0 unspecified atom stereocenters. The number of halogens is 2. The Balaban J connectivity index is 1.73. The Kier molecular flexibility index (Phi) is 5.30. The number of anilines is 1. The van der Waals surface area contributed by atoms with Crippen LogP contribution in [-0.2, 0) is 0 Å². The number of urea groups is 1. The summed E-state index contributed by atoms with van der Waals surface area (Å²) in [6.07, 6.45) is 0. The van der Waals surface area contributed by atoms with Crippen LogP contribution in [0, 0.1) is 18.6 Å². The first kappa shape index (κ1) is 15.8. The van der Waals surface area contributed by atoms with Gasteiger partial charge in [-0.3, -0.25) is 0 Å². The summed E-state index contributed by atoms with van der Waals surface area (Å²) in [5, 5.41) is 5.25. The Morgan fingerprint density at radius 3 is 2.73 bits per heavy atom. The summed E-state index contributed by atoms with van der Waals surface area (Å²) in [6, 6.07) is 10.1. The quantitative estimate of drug-likeness (QED) is 0.831. The van der Waals surface area contributed by atoms with E-state index in [2.05, 4.69) is 10.6 Å². The van der Waals surface area contributed by atoms with E-state index in [0.29, 0.717) is 5.69 Å². The third kappa shape index (κ3) is 4.73. The largest absolute Gasteiger partial charge is 0.489 e. The Morgan fingerprint density at radius 2 is 2.00 bits per heavy atom. The molecule has 22 heavy (non-hydrogen) atoms. The lowest BCUT2D eigenvalue weighted by Crippen LogP contribution is -2.32. The topological polar surface area (TPSA) is 50.4 Å². The van der Waals surface area contributed by atoms with Crippen LogP contribution in [0.25, 0.3) is 0 Å². The van der Waals surface area contributed by atoms with Crippen molar-refractivity contribution in [1.82, 2.24) is 5.32 Å². The van der Waals surface area contributed by atoms with Crippen LogP contribution in [0.1, 0.15) is 5.56 Å². The summed E-state index contributed by atoms with van der Waals surface area (Å²) in [5.74, 6) is -1.49. The third-order valence-electron chi connectivity index (χ3n) is 2.82. The predicted octanol–water partition coefficient (Wildman–Crippen LogP) is 3.47. The molecule has 2 aromatic carbocycles. The van der Waals surface area contributed by atoms with Crippen molar-refractivity contribution in [3.63, 3.8) is 0 Å². The van der Waals surface area contributed by atoms with Crippen molar-refractivity contribution in [3.8, 4) is 5.75 Å². The van der Waals surface area contributed by atoms with E-state index < -0.39 is 11.6 Å². The first-order valence-electron chi connectivity index (χ1n) is 6.74. The molecule has 0 aliphatic rings. The van der Waals surface area contributed by atoms with Crippen LogP contribution in [0.3, 0.4) is 0 Å². The van der Waals surface area contributed by atoms with Crippen molar-refractivity contribution >= 4 is 11.7 Å². The maximum Gasteiger partial charge on any atom is 0.319 e. The Bertz CT molecular complexity index is 662. The number of ether oxygens (including phenoxy) is 1. The van der Waals surface area contributed by atoms with Crippen LogP contribution in [0.4, 0.5) is 19.3 Å². The highest BCUT2D eigenvalue weighted by Crippen LogP contribution is 2.17. The molecule has 0 bridgehead atoms. The van der Waals surface area contributed by atoms with Gasteiger partial charge < -0.3 is 15.4 Å². The van der Waals surface area contributed by atoms with E-state index in [9.17, 15) is 13.6 Å². The van der Waals surface area contributed by atoms with E-state index in [1.165, 1.54) is 6.07 Å². The zero-order chi connectivity index (χ0) is 15.9. The van der Waals surface area contributed by atoms with Crippen molar-refractivity contribution in [2.45, 2.75) is 6.92 Å². The first-order valence-corrected chi connectivity index (χ1v) is 6.74. The van der Waals surface area contributed by atoms with Crippen molar-refractivity contribution in [3.05, 3.63) is 59.7 Å². The second-order valence-corrected chi connectivity index (χ2v) is 4.67. The van der Waals surface area contributed by atoms with Crippen molar-refractivity contribution in [2.24, 2.45) is 0 Å². The van der Waals surface area contributed by atoms with Gasteiger partial charge in [-0.25, -0.2) is 13.6 Å². The number of nitrogens with one attached hydrogen (secondary N) is 2. The molecule has 0 atom stereocenters. The molecule has 0 aliphatic carbocycles. The van der Waals surface area contributed by atoms with Gasteiger partial charge in [0.05, 0.1) is 6.54 Å². The number of aryl methyl sites for hydroxylation is 1. The lowest BCUT2D eigenvalue weighted by molar-refractivity contribution is 0.246. The molecular weight excluding hydrogens is 290 g/mol. The maximum absolute atomic E-state index is 13.3. The Labute approximate surface area is 127 Å². The van der Waals surface area contributed by atoms with Gasteiger partial charge in [0.1, 0.15) is 12.4 Å². The number of hydrogen-bond donors (Lipinski definition) is 2. The molecule has 6 heteroatoms. The van der Waals surface area contributed by atoms with Crippen LogP contribution in [0.2, 0.25) is 0 Å². The van der Waals surface area contributed by atoms with Gasteiger partial charge in [0, 0.05) is 11.8 Å². The average Bonchev–Trinajstić information content (AvgIpc) is 2.45. The van der Waals surface area contributed by atoms with Crippen LogP contribution in [0.5, 0.6) is 5.75 Å². The predicted molar refractivity (Wildman–Crippen MR) is 80.1 cm³/mol. The Morgan fingerprint density at radius 1 is 1.18 bits per heavy atom. The van der Waals surface area contributed by atoms with Crippen LogP contribution < -0.4 is 15.4 Å². The van der Waals surface area contributed by atoms with Gasteiger partial charge in [0.25, 0.3) is 0 Å². The molecule has 2 amide bonds. The van der Waals surface area contributed by atoms with Crippen LogP contribution in [0.15, 0.2) is 42.5 Å². The lowest BCUT2D eigenvalue weighted by atomic mass is 10.2. The summed E-state index contributed by atoms with van der Waals surface area (Å²) in [6.45, 7) is 2.19. The monoisotopic (exact) mass is 306 g/mol. The second-order valence-electron chi connectivity index (χ2n) is 4.67. The maximum atomic E-state index is 13.3. The van der Waals surface area contributed by atoms with Crippen molar-refractivity contribution < 1.29 is 18.3 Å². The van der Waals surface area contributed by atoms with Gasteiger partial charge in [-0.15, -0.1) is 0 Å². The highest BCUT2D eigenvalue weighted by Gasteiger charge is 2.05. The fourth-order valence-electron chi connectivity index (χ4n) is 1.82. The minimum Gasteiger partial charge on any atom is -0.489 e. The van der Waals surface area contributed by atoms with Crippen LogP contribution >= 0.6 is 0 Å². The molecule has 2 rings (SSSR count). The van der Waals surface area contributed by atoms with Gasteiger partial charge in [0.15, 0.2) is 11.6 Å². The first-order chi connectivity index (χ1) is 10.5. The van der Waals surface area contributed by atoms with E-state index in [-0.39, 0.29) is 24.9 Å². The molecule has 0 fully saturated rings. The van der Waals surface area contributed by atoms with Gasteiger partial charge in [-0.2, -0.15) is 0 Å². The fraction of sp³-hybridized carbons (Fsp3) is 0.188. The molecule has 2 N–H and O–H groups in total. The van der Waals surface area contributed by atoms with Gasteiger partial charge in [-0.05, 0) is 36.8 Å². The smallest absolute Gasteiger partial charge is 0.319 e. The molecule has 0 aromatic heterocycles. The molecule has 0 aliphatic heterocycles. The lowest BCUT2D eigenvalue weighted by Gasteiger charge is -2.10. The number of carbonyl (C=O) groups is 1. The summed E-state index contributed by atoms with van der Waals surface area (Å²) in [7, 11) is 0. The molecule has 2 aromatic rings. The zero-order valence-electron chi connectivity index (χ0n) is 12.0. The van der Waals surface area contributed by atoms with Gasteiger partial charge in [0.2, 0.25) is 0 Å². The van der Waals surface area contributed by atoms with Gasteiger partial charge in [-0.1, -0.05) is 12.1 Å².